The van der Waals surface area contributed by atoms with E-state index in [1.54, 1.807) is 30.3 Å². The normalized spacial score (nSPS) is 10.6. The zero-order chi connectivity index (χ0) is 20.1. The molecule has 0 aliphatic carbocycles. The van der Waals surface area contributed by atoms with E-state index >= 15 is 0 Å². The van der Waals surface area contributed by atoms with Crippen molar-refractivity contribution in [2.75, 3.05) is 5.75 Å². The van der Waals surface area contributed by atoms with E-state index in [1.807, 2.05) is 0 Å². The van der Waals surface area contributed by atoms with Crippen LogP contribution in [0.4, 0.5) is 0 Å². The zero-order valence-electron chi connectivity index (χ0n) is 14.3. The van der Waals surface area contributed by atoms with Crippen LogP contribution in [0.25, 0.3) is 5.69 Å². The van der Waals surface area contributed by atoms with Crippen LogP contribution in [0.3, 0.4) is 0 Å². The van der Waals surface area contributed by atoms with Crippen molar-refractivity contribution >= 4 is 29.5 Å². The quantitative estimate of drug-likeness (QED) is 0.546. The first-order valence-electron chi connectivity index (χ1n) is 8.03. The van der Waals surface area contributed by atoms with Crippen LogP contribution in [0.15, 0.2) is 53.7 Å². The van der Waals surface area contributed by atoms with E-state index in [9.17, 15) is 19.5 Å². The molecule has 3 aromatic rings. The van der Waals surface area contributed by atoms with Crippen molar-refractivity contribution in [3.63, 3.8) is 0 Å². The van der Waals surface area contributed by atoms with E-state index in [2.05, 4.69) is 15.5 Å². The molecule has 1 aromatic heterocycles. The molecule has 0 amide bonds. The minimum absolute atomic E-state index is 0.00958. The highest BCUT2D eigenvalue weighted by Crippen LogP contribution is 2.20. The molecule has 3 rings (SSSR count). The number of hydrogen-bond acceptors (Lipinski definition) is 7. The van der Waals surface area contributed by atoms with Gasteiger partial charge in [0.2, 0.25) is 5.16 Å². The molecule has 0 bridgehead atoms. The molecular weight excluding hydrogens is 384 g/mol. The fourth-order valence-corrected chi connectivity index (χ4v) is 3.22. The number of carbonyl (C=O) groups is 3. The number of nitrogens with zero attached hydrogens (tertiary/aromatic N) is 4. The molecule has 0 fully saturated rings. The van der Waals surface area contributed by atoms with Crippen LogP contribution in [0.1, 0.15) is 26.3 Å². The van der Waals surface area contributed by atoms with Crippen molar-refractivity contribution in [3.8, 4) is 5.69 Å². The average Bonchev–Trinajstić information content (AvgIpc) is 3.15. The second kappa shape index (κ2) is 8.44. The molecule has 0 spiro atoms. The molecule has 0 radical (unpaired) electrons. The number of carboxylic acids is 2. The first kappa shape index (κ1) is 19.2. The maximum atomic E-state index is 12.3. The Labute approximate surface area is 163 Å². The summed E-state index contributed by atoms with van der Waals surface area (Å²) in [5.74, 6) is -2.23. The van der Waals surface area contributed by atoms with Gasteiger partial charge in [-0.05, 0) is 46.3 Å². The molecule has 0 unspecified atom stereocenters. The summed E-state index contributed by atoms with van der Waals surface area (Å²) in [5, 5.41) is 29.8. The van der Waals surface area contributed by atoms with Gasteiger partial charge in [0, 0.05) is 6.42 Å². The molecule has 28 heavy (non-hydrogen) atoms. The fourth-order valence-electron chi connectivity index (χ4n) is 2.47. The molecule has 9 nitrogen and oxygen atoms in total. The summed E-state index contributed by atoms with van der Waals surface area (Å²) in [4.78, 5) is 34.5. The van der Waals surface area contributed by atoms with Crippen LogP contribution >= 0.6 is 11.8 Å². The highest BCUT2D eigenvalue weighted by molar-refractivity contribution is 7.99. The second-order valence-corrected chi connectivity index (χ2v) is 6.63. The third-order valence-electron chi connectivity index (χ3n) is 3.80. The summed E-state index contributed by atoms with van der Waals surface area (Å²) in [5.41, 5.74) is 1.24. The van der Waals surface area contributed by atoms with Crippen molar-refractivity contribution < 1.29 is 24.6 Å². The van der Waals surface area contributed by atoms with Gasteiger partial charge in [-0.15, -0.1) is 5.10 Å². The highest BCUT2D eigenvalue weighted by Gasteiger charge is 2.15. The van der Waals surface area contributed by atoms with Gasteiger partial charge in [-0.25, -0.2) is 9.59 Å². The predicted molar refractivity (Wildman–Crippen MR) is 98.9 cm³/mol. The average molecular weight is 398 g/mol. The smallest absolute Gasteiger partial charge is 0.335 e. The van der Waals surface area contributed by atoms with Crippen LogP contribution in [0.5, 0.6) is 0 Å². The summed E-state index contributed by atoms with van der Waals surface area (Å²) in [6.45, 7) is 0. The number of aromatic carboxylic acids is 2. The lowest BCUT2D eigenvalue weighted by molar-refractivity contribution is -0.116. The summed E-state index contributed by atoms with van der Waals surface area (Å²) in [7, 11) is 0. The first-order valence-corrected chi connectivity index (χ1v) is 9.02. The van der Waals surface area contributed by atoms with Gasteiger partial charge in [0.25, 0.3) is 0 Å². The summed E-state index contributed by atoms with van der Waals surface area (Å²) in [6.07, 6.45) is -0.00958. The van der Waals surface area contributed by atoms with Crippen molar-refractivity contribution in [2.24, 2.45) is 0 Å². The summed E-state index contributed by atoms with van der Waals surface area (Å²) < 4.78 is 1.40. The van der Waals surface area contributed by atoms with Gasteiger partial charge in [-0.3, -0.25) is 4.79 Å². The summed E-state index contributed by atoms with van der Waals surface area (Å²) >= 11 is 1.11. The van der Waals surface area contributed by atoms with E-state index in [-0.39, 0.29) is 29.1 Å². The summed E-state index contributed by atoms with van der Waals surface area (Å²) in [6, 6.07) is 12.4. The molecule has 142 valence electrons. The van der Waals surface area contributed by atoms with Gasteiger partial charge < -0.3 is 10.2 Å². The zero-order valence-corrected chi connectivity index (χ0v) is 15.2. The number of benzene rings is 2. The molecule has 0 saturated carbocycles. The van der Waals surface area contributed by atoms with E-state index in [4.69, 9.17) is 5.11 Å². The Morgan fingerprint density at radius 2 is 1.68 bits per heavy atom. The number of aromatic nitrogens is 4. The third kappa shape index (κ3) is 4.41. The molecule has 0 atom stereocenters. The van der Waals surface area contributed by atoms with Crippen LogP contribution in [0.2, 0.25) is 0 Å². The predicted octanol–water partition coefficient (Wildman–Crippen LogP) is 1.96. The number of hydrogen-bond donors (Lipinski definition) is 2. The van der Waals surface area contributed by atoms with E-state index in [1.165, 1.54) is 22.9 Å². The van der Waals surface area contributed by atoms with Crippen molar-refractivity contribution in [1.82, 2.24) is 20.2 Å². The lowest BCUT2D eigenvalue weighted by Crippen LogP contribution is -2.11. The highest BCUT2D eigenvalue weighted by atomic mass is 32.2. The maximum absolute atomic E-state index is 12.3. The molecule has 0 aliphatic heterocycles. The van der Waals surface area contributed by atoms with E-state index in [0.717, 1.165) is 11.8 Å². The van der Waals surface area contributed by atoms with Crippen molar-refractivity contribution in [3.05, 3.63) is 65.2 Å². The lowest BCUT2D eigenvalue weighted by atomic mass is 10.0. The van der Waals surface area contributed by atoms with Gasteiger partial charge in [0.15, 0.2) is 0 Å². The molecule has 1 heterocycles. The SMILES string of the molecule is O=C(CSc1nnnn1-c1ccc(C(=O)O)cc1)Cc1ccccc1C(=O)O. The number of tetrazole rings is 1. The van der Waals surface area contributed by atoms with Gasteiger partial charge in [-0.1, -0.05) is 30.0 Å². The van der Waals surface area contributed by atoms with Gasteiger partial charge in [-0.2, -0.15) is 4.68 Å². The molecule has 0 aliphatic rings. The molecule has 2 aromatic carbocycles. The number of thioether (sulfide) groups is 1. The van der Waals surface area contributed by atoms with Crippen LogP contribution < -0.4 is 0 Å². The van der Waals surface area contributed by atoms with E-state index < -0.39 is 11.9 Å². The second-order valence-electron chi connectivity index (χ2n) is 5.69. The largest absolute Gasteiger partial charge is 0.478 e. The Balaban J connectivity index is 1.68. The molecular formula is C18H14N4O5S. The Hall–Kier alpha value is -3.53. The Bertz CT molecular complexity index is 1030. The first-order chi connectivity index (χ1) is 13.5. The third-order valence-corrected chi connectivity index (χ3v) is 4.78. The standard InChI is InChI=1S/C18H14N4O5S/c23-14(9-12-3-1-2-4-15(12)17(26)27)10-28-18-19-20-21-22(18)13-7-5-11(6-8-13)16(24)25/h1-8H,9-10H2,(H,24,25)(H,26,27). The van der Waals surface area contributed by atoms with Gasteiger partial charge in [0.1, 0.15) is 5.78 Å². The fraction of sp³-hybridized carbons (Fsp3) is 0.111. The van der Waals surface area contributed by atoms with Crippen LogP contribution in [-0.2, 0) is 11.2 Å². The monoisotopic (exact) mass is 398 g/mol. The number of Topliss-reactive ketones (excluding diaryl/α,β-unsaturated/α-hetero) is 1. The maximum Gasteiger partial charge on any atom is 0.335 e. The Morgan fingerprint density at radius 3 is 2.36 bits per heavy atom. The number of carboxylic acid groups (broad SMARTS) is 2. The van der Waals surface area contributed by atoms with Gasteiger partial charge >= 0.3 is 11.9 Å². The lowest BCUT2D eigenvalue weighted by Gasteiger charge is -2.06. The Morgan fingerprint density at radius 1 is 0.964 bits per heavy atom. The van der Waals surface area contributed by atoms with E-state index in [0.29, 0.717) is 16.4 Å². The minimum Gasteiger partial charge on any atom is -0.478 e. The Kier molecular flexibility index (Phi) is 5.80. The van der Waals surface area contributed by atoms with Crippen LogP contribution in [0, 0.1) is 0 Å². The molecule has 2 N–H and O–H groups in total. The van der Waals surface area contributed by atoms with Crippen molar-refractivity contribution in [1.29, 1.82) is 0 Å². The molecule has 10 heteroatoms. The minimum atomic E-state index is -1.08. The van der Waals surface area contributed by atoms with Crippen LogP contribution in [-0.4, -0.2) is 53.9 Å². The van der Waals surface area contributed by atoms with Gasteiger partial charge in [0.05, 0.1) is 22.6 Å². The van der Waals surface area contributed by atoms with Crippen molar-refractivity contribution in [2.45, 2.75) is 11.6 Å². The number of ketones is 1. The number of rotatable bonds is 8. The topological polar surface area (TPSA) is 135 Å². The molecule has 0 saturated heterocycles. The number of carbonyl (C=O) groups excluding carboxylic acids is 1.